The van der Waals surface area contributed by atoms with E-state index in [4.69, 9.17) is 5.11 Å². The maximum atomic E-state index is 13.2. The number of aryl methyl sites for hydroxylation is 1. The highest BCUT2D eigenvalue weighted by Crippen LogP contribution is 2.23. The molecule has 1 unspecified atom stereocenters. The molecule has 1 N–H and O–H groups in total. The topological polar surface area (TPSA) is 57.6 Å². The Morgan fingerprint density at radius 3 is 2.85 bits per heavy atom. The lowest BCUT2D eigenvalue weighted by atomic mass is 10.0. The van der Waals surface area contributed by atoms with Crippen molar-refractivity contribution in [1.82, 2.24) is 4.90 Å². The van der Waals surface area contributed by atoms with Gasteiger partial charge in [0.15, 0.2) is 0 Å². The largest absolute Gasteiger partial charge is 0.481 e. The van der Waals surface area contributed by atoms with E-state index in [1.165, 1.54) is 12.1 Å². The minimum absolute atomic E-state index is 0.106. The van der Waals surface area contributed by atoms with Crippen molar-refractivity contribution < 1.29 is 19.1 Å². The smallest absolute Gasteiger partial charge is 0.303 e. The number of hydrogen-bond donors (Lipinski definition) is 1. The summed E-state index contributed by atoms with van der Waals surface area (Å²) in [5, 5.41) is 8.67. The molecule has 1 aromatic carbocycles. The fourth-order valence-corrected chi connectivity index (χ4v) is 2.54. The van der Waals surface area contributed by atoms with E-state index in [1.54, 1.807) is 17.9 Å². The zero-order valence-electron chi connectivity index (χ0n) is 11.4. The molecule has 5 heteroatoms. The van der Waals surface area contributed by atoms with E-state index in [2.05, 4.69) is 0 Å². The van der Waals surface area contributed by atoms with Crippen LogP contribution >= 0.6 is 0 Å². The van der Waals surface area contributed by atoms with Crippen LogP contribution < -0.4 is 0 Å². The van der Waals surface area contributed by atoms with Gasteiger partial charge in [-0.2, -0.15) is 0 Å². The number of carbonyl (C=O) groups excluding carboxylic acids is 1. The first-order valence-electron chi connectivity index (χ1n) is 6.74. The van der Waals surface area contributed by atoms with Crippen molar-refractivity contribution in [1.29, 1.82) is 0 Å². The average Bonchev–Trinajstić information content (AvgIpc) is 2.87. The number of hydrogen-bond acceptors (Lipinski definition) is 2. The Morgan fingerprint density at radius 2 is 2.20 bits per heavy atom. The normalized spacial score (nSPS) is 18.3. The Kier molecular flexibility index (Phi) is 4.37. The first-order valence-corrected chi connectivity index (χ1v) is 6.74. The summed E-state index contributed by atoms with van der Waals surface area (Å²) in [6, 6.07) is 4.36. The van der Waals surface area contributed by atoms with Crippen LogP contribution in [0.1, 0.15) is 35.2 Å². The van der Waals surface area contributed by atoms with Gasteiger partial charge in [0.05, 0.1) is 0 Å². The Balaban J connectivity index is 1.97. The molecular formula is C15H18FNO3. The van der Waals surface area contributed by atoms with Gasteiger partial charge in [0, 0.05) is 25.1 Å². The summed E-state index contributed by atoms with van der Waals surface area (Å²) < 4.78 is 13.2. The summed E-state index contributed by atoms with van der Waals surface area (Å²) in [6.07, 6.45) is 1.57. The number of amides is 1. The molecule has 0 saturated carbocycles. The third-order valence-corrected chi connectivity index (χ3v) is 3.74. The highest BCUT2D eigenvalue weighted by molar-refractivity contribution is 5.94. The molecule has 2 rings (SSSR count). The standard InChI is InChI=1S/C15H18FNO3/c1-10-8-12(3-4-13(10)16)15(20)17-7-6-11(9-17)2-5-14(18)19/h3-4,8,11H,2,5-7,9H2,1H3,(H,18,19). The maximum absolute atomic E-state index is 13.2. The van der Waals surface area contributed by atoms with Gasteiger partial charge in [0.2, 0.25) is 0 Å². The number of carboxylic acid groups (broad SMARTS) is 1. The molecule has 1 aliphatic rings. The van der Waals surface area contributed by atoms with Crippen molar-refractivity contribution in [2.75, 3.05) is 13.1 Å². The zero-order valence-corrected chi connectivity index (χ0v) is 11.4. The molecule has 108 valence electrons. The van der Waals surface area contributed by atoms with Crippen LogP contribution in [0.5, 0.6) is 0 Å². The van der Waals surface area contributed by atoms with Gasteiger partial charge in [-0.1, -0.05) is 0 Å². The van der Waals surface area contributed by atoms with E-state index in [0.29, 0.717) is 30.6 Å². The summed E-state index contributed by atoms with van der Waals surface area (Å²) in [4.78, 5) is 24.5. The van der Waals surface area contributed by atoms with E-state index in [-0.39, 0.29) is 24.1 Å². The molecule has 1 atom stereocenters. The monoisotopic (exact) mass is 279 g/mol. The van der Waals surface area contributed by atoms with E-state index < -0.39 is 5.97 Å². The number of nitrogens with zero attached hydrogens (tertiary/aromatic N) is 1. The van der Waals surface area contributed by atoms with Crippen molar-refractivity contribution in [2.45, 2.75) is 26.2 Å². The van der Waals surface area contributed by atoms with Gasteiger partial charge in [-0.05, 0) is 49.4 Å². The second-order valence-electron chi connectivity index (χ2n) is 5.30. The molecule has 0 aromatic heterocycles. The zero-order chi connectivity index (χ0) is 14.7. The lowest BCUT2D eigenvalue weighted by Gasteiger charge is -2.17. The molecule has 20 heavy (non-hydrogen) atoms. The summed E-state index contributed by atoms with van der Waals surface area (Å²) in [5.41, 5.74) is 0.945. The van der Waals surface area contributed by atoms with Crippen LogP contribution in [-0.2, 0) is 4.79 Å². The minimum atomic E-state index is -0.802. The predicted octanol–water partition coefficient (Wildman–Crippen LogP) is 2.46. The third kappa shape index (κ3) is 3.35. The van der Waals surface area contributed by atoms with Crippen molar-refractivity contribution in [3.05, 3.63) is 35.1 Å². The molecule has 0 spiro atoms. The molecule has 1 aliphatic heterocycles. The lowest BCUT2D eigenvalue weighted by molar-refractivity contribution is -0.137. The Bertz CT molecular complexity index is 530. The number of benzene rings is 1. The van der Waals surface area contributed by atoms with Gasteiger partial charge in [-0.15, -0.1) is 0 Å². The number of aliphatic carboxylic acids is 1. The molecule has 0 aliphatic carbocycles. The minimum Gasteiger partial charge on any atom is -0.481 e. The second kappa shape index (κ2) is 6.03. The summed E-state index contributed by atoms with van der Waals surface area (Å²) >= 11 is 0. The Hall–Kier alpha value is -1.91. The van der Waals surface area contributed by atoms with E-state index in [0.717, 1.165) is 6.42 Å². The summed E-state index contributed by atoms with van der Waals surface area (Å²) in [6.45, 7) is 2.85. The van der Waals surface area contributed by atoms with Gasteiger partial charge in [-0.25, -0.2) is 4.39 Å². The third-order valence-electron chi connectivity index (χ3n) is 3.74. The van der Waals surface area contributed by atoms with Crippen molar-refractivity contribution in [2.24, 2.45) is 5.92 Å². The number of rotatable bonds is 4. The molecule has 1 fully saturated rings. The number of carboxylic acids is 1. The highest BCUT2D eigenvalue weighted by atomic mass is 19.1. The second-order valence-corrected chi connectivity index (χ2v) is 5.30. The molecule has 1 saturated heterocycles. The molecule has 1 amide bonds. The molecule has 4 nitrogen and oxygen atoms in total. The van der Waals surface area contributed by atoms with E-state index >= 15 is 0 Å². The van der Waals surface area contributed by atoms with Gasteiger partial charge in [0.25, 0.3) is 5.91 Å². The molecule has 0 bridgehead atoms. The summed E-state index contributed by atoms with van der Waals surface area (Å²) in [5.74, 6) is -0.978. The maximum Gasteiger partial charge on any atom is 0.303 e. The number of likely N-dealkylation sites (tertiary alicyclic amines) is 1. The first-order chi connectivity index (χ1) is 9.47. The van der Waals surface area contributed by atoms with Gasteiger partial charge >= 0.3 is 5.97 Å². The molecule has 0 radical (unpaired) electrons. The van der Waals surface area contributed by atoms with Crippen molar-refractivity contribution in [3.8, 4) is 0 Å². The van der Waals surface area contributed by atoms with Gasteiger partial charge in [0.1, 0.15) is 5.82 Å². The van der Waals surface area contributed by atoms with Gasteiger partial charge < -0.3 is 10.0 Å². The first kappa shape index (κ1) is 14.5. The van der Waals surface area contributed by atoms with E-state index in [1.807, 2.05) is 0 Å². The van der Waals surface area contributed by atoms with Crippen LogP contribution in [-0.4, -0.2) is 35.0 Å². The Labute approximate surface area is 117 Å². The van der Waals surface area contributed by atoms with Crippen LogP contribution in [0.25, 0.3) is 0 Å². The number of halogens is 1. The van der Waals surface area contributed by atoms with Crippen molar-refractivity contribution >= 4 is 11.9 Å². The van der Waals surface area contributed by atoms with Crippen LogP contribution in [0, 0.1) is 18.7 Å². The molecule has 1 heterocycles. The predicted molar refractivity (Wildman–Crippen MR) is 72.0 cm³/mol. The average molecular weight is 279 g/mol. The van der Waals surface area contributed by atoms with Crippen LogP contribution in [0.3, 0.4) is 0 Å². The fourth-order valence-electron chi connectivity index (χ4n) is 2.54. The summed E-state index contributed by atoms with van der Waals surface area (Å²) in [7, 11) is 0. The quantitative estimate of drug-likeness (QED) is 0.921. The Morgan fingerprint density at radius 1 is 1.45 bits per heavy atom. The van der Waals surface area contributed by atoms with Crippen LogP contribution in [0.15, 0.2) is 18.2 Å². The fraction of sp³-hybridized carbons (Fsp3) is 0.467. The molecule has 1 aromatic rings. The highest BCUT2D eigenvalue weighted by Gasteiger charge is 2.27. The number of carbonyl (C=O) groups is 2. The van der Waals surface area contributed by atoms with Crippen LogP contribution in [0.2, 0.25) is 0 Å². The SMILES string of the molecule is Cc1cc(C(=O)N2CCC(CCC(=O)O)C2)ccc1F. The van der Waals surface area contributed by atoms with Crippen molar-refractivity contribution in [3.63, 3.8) is 0 Å². The lowest BCUT2D eigenvalue weighted by Crippen LogP contribution is -2.28. The van der Waals surface area contributed by atoms with E-state index in [9.17, 15) is 14.0 Å². The van der Waals surface area contributed by atoms with Crippen LogP contribution in [0.4, 0.5) is 4.39 Å². The van der Waals surface area contributed by atoms with Gasteiger partial charge in [-0.3, -0.25) is 9.59 Å². The molecular weight excluding hydrogens is 261 g/mol.